The van der Waals surface area contributed by atoms with Crippen LogP contribution in [0.5, 0.6) is 0 Å². The van der Waals surface area contributed by atoms with Crippen LogP contribution in [0.2, 0.25) is 0 Å². The van der Waals surface area contributed by atoms with Gasteiger partial charge in [0.1, 0.15) is 17.3 Å². The van der Waals surface area contributed by atoms with Crippen LogP contribution in [0.25, 0.3) is 71.2 Å². The van der Waals surface area contributed by atoms with Crippen LogP contribution in [0, 0.1) is 5.92 Å². The lowest BCUT2D eigenvalue weighted by Crippen LogP contribution is -2.33. The van der Waals surface area contributed by atoms with Crippen molar-refractivity contribution in [3.63, 3.8) is 0 Å². The first-order chi connectivity index (χ1) is 24.2. The van der Waals surface area contributed by atoms with E-state index < -0.39 is 0 Å². The third-order valence-corrected chi connectivity index (χ3v) is 10.1. The van der Waals surface area contributed by atoms with Crippen LogP contribution in [0.1, 0.15) is 25.2 Å². The number of nitrogens with one attached hydrogen (secondary N) is 1. The molecule has 2 atom stereocenters. The van der Waals surface area contributed by atoms with E-state index in [1.807, 2.05) is 30.6 Å². The normalized spacial score (nSPS) is 17.9. The van der Waals surface area contributed by atoms with E-state index in [9.17, 15) is 0 Å². The molecule has 5 heterocycles. The first-order valence-electron chi connectivity index (χ1n) is 16.9. The van der Waals surface area contributed by atoms with Gasteiger partial charge >= 0.3 is 0 Å². The third-order valence-electron chi connectivity index (χ3n) is 10.1. The predicted octanol–water partition coefficient (Wildman–Crippen LogP) is 11.0. The van der Waals surface area contributed by atoms with Crippen molar-refractivity contribution in [3.05, 3.63) is 157 Å². The minimum absolute atomic E-state index is 0.168. The molecule has 10 rings (SSSR count). The number of para-hydroxylation sites is 1. The van der Waals surface area contributed by atoms with Gasteiger partial charge in [-0.15, -0.1) is 0 Å². The summed E-state index contributed by atoms with van der Waals surface area (Å²) in [5, 5.41) is 11.1. The highest BCUT2D eigenvalue weighted by Gasteiger charge is 2.27. The van der Waals surface area contributed by atoms with E-state index >= 15 is 0 Å². The standard InChI is InChI=1S/C44H32N4O/c1-27-9-8-22-46-44(27)37-25-31(36-13-6-7-21-45-36)26-42(47-37)48-38-18-16-29(24-35(38)43-32-11-3-2-10-28(32)15-19-39(43)48)30-17-20-41-34(23-30)33-12-4-5-14-40(33)49-41/h2-8,10-27,42,47H,9H2,1H3. The number of allylic oxidation sites excluding steroid dienone is 4. The second-order valence-electron chi connectivity index (χ2n) is 13.1. The van der Waals surface area contributed by atoms with Crippen LogP contribution >= 0.6 is 0 Å². The molecule has 2 unspecified atom stereocenters. The minimum atomic E-state index is -0.168. The first kappa shape index (κ1) is 27.9. The number of hydrogen-bond acceptors (Lipinski definition) is 4. The highest BCUT2D eigenvalue weighted by atomic mass is 16.3. The van der Waals surface area contributed by atoms with Crippen molar-refractivity contribution in [1.29, 1.82) is 0 Å². The fourth-order valence-electron chi connectivity index (χ4n) is 7.77. The summed E-state index contributed by atoms with van der Waals surface area (Å²) in [6, 6.07) is 41.0. The molecule has 1 N–H and O–H groups in total. The topological polar surface area (TPSA) is 55.4 Å². The van der Waals surface area contributed by atoms with Crippen LogP contribution in [0.4, 0.5) is 0 Å². The van der Waals surface area contributed by atoms with Crippen LogP contribution < -0.4 is 5.32 Å². The van der Waals surface area contributed by atoms with Crippen molar-refractivity contribution in [2.75, 3.05) is 0 Å². The quantitative estimate of drug-likeness (QED) is 0.210. The molecule has 8 aromatic rings. The smallest absolute Gasteiger partial charge is 0.135 e. The molecule has 5 nitrogen and oxygen atoms in total. The summed E-state index contributed by atoms with van der Waals surface area (Å²) in [6.45, 7) is 2.25. The van der Waals surface area contributed by atoms with Crippen molar-refractivity contribution in [1.82, 2.24) is 14.9 Å². The zero-order chi connectivity index (χ0) is 32.5. The van der Waals surface area contributed by atoms with Gasteiger partial charge in [-0.3, -0.25) is 9.98 Å². The van der Waals surface area contributed by atoms with Gasteiger partial charge < -0.3 is 14.3 Å². The lowest BCUT2D eigenvalue weighted by Gasteiger charge is -2.30. The number of dihydropyridines is 1. The molecule has 0 spiro atoms. The summed E-state index contributed by atoms with van der Waals surface area (Å²) in [4.78, 5) is 9.62. The Hall–Kier alpha value is -6.20. The van der Waals surface area contributed by atoms with Gasteiger partial charge in [0.05, 0.1) is 28.1 Å². The van der Waals surface area contributed by atoms with Gasteiger partial charge in [0.25, 0.3) is 0 Å². The molecule has 2 aliphatic heterocycles. The summed E-state index contributed by atoms with van der Waals surface area (Å²) in [6.07, 6.45) is 11.3. The molecule has 2 aliphatic rings. The van der Waals surface area contributed by atoms with Gasteiger partial charge in [0, 0.05) is 45.4 Å². The van der Waals surface area contributed by atoms with Crippen LogP contribution in [0.3, 0.4) is 0 Å². The molecule has 0 saturated carbocycles. The second kappa shape index (κ2) is 10.9. The summed E-state index contributed by atoms with van der Waals surface area (Å²) >= 11 is 0. The largest absolute Gasteiger partial charge is 0.456 e. The Morgan fingerprint density at radius 2 is 1.51 bits per heavy atom. The van der Waals surface area contributed by atoms with Crippen LogP contribution in [-0.2, 0) is 0 Å². The number of fused-ring (bicyclic) bond motifs is 8. The van der Waals surface area contributed by atoms with Gasteiger partial charge in [-0.25, -0.2) is 0 Å². The van der Waals surface area contributed by atoms with Crippen molar-refractivity contribution in [2.24, 2.45) is 10.9 Å². The highest BCUT2D eigenvalue weighted by molar-refractivity contribution is 6.21. The Bertz CT molecular complexity index is 2740. The highest BCUT2D eigenvalue weighted by Crippen LogP contribution is 2.41. The van der Waals surface area contributed by atoms with E-state index in [2.05, 4.69) is 132 Å². The molecule has 234 valence electrons. The average Bonchev–Trinajstić information content (AvgIpc) is 3.70. The maximum absolute atomic E-state index is 6.15. The molecule has 0 bridgehead atoms. The number of rotatable bonds is 4. The number of benzene rings is 5. The summed E-state index contributed by atoms with van der Waals surface area (Å²) in [5.74, 6) is 0.307. The number of pyridine rings is 1. The van der Waals surface area contributed by atoms with E-state index in [0.717, 1.165) is 56.6 Å². The summed E-state index contributed by atoms with van der Waals surface area (Å²) in [5.41, 5.74) is 10.6. The zero-order valence-corrected chi connectivity index (χ0v) is 27.0. The molecule has 0 amide bonds. The van der Waals surface area contributed by atoms with E-state index in [1.54, 1.807) is 0 Å². The summed E-state index contributed by atoms with van der Waals surface area (Å²) in [7, 11) is 0. The lowest BCUT2D eigenvalue weighted by atomic mass is 9.93. The molecule has 3 aromatic heterocycles. The Kier molecular flexibility index (Phi) is 6.21. The maximum Gasteiger partial charge on any atom is 0.135 e. The monoisotopic (exact) mass is 632 g/mol. The number of hydrogen-bond donors (Lipinski definition) is 1. The van der Waals surface area contributed by atoms with Crippen LogP contribution in [-0.4, -0.2) is 15.3 Å². The number of furan rings is 1. The molecule has 49 heavy (non-hydrogen) atoms. The van der Waals surface area contributed by atoms with E-state index in [-0.39, 0.29) is 6.17 Å². The van der Waals surface area contributed by atoms with E-state index in [1.165, 1.54) is 38.1 Å². The fraction of sp³-hybridized carbons (Fsp3) is 0.0909. The van der Waals surface area contributed by atoms with Crippen molar-refractivity contribution < 1.29 is 4.42 Å². The Morgan fingerprint density at radius 3 is 2.39 bits per heavy atom. The summed E-state index contributed by atoms with van der Waals surface area (Å²) < 4.78 is 8.60. The molecule has 5 heteroatoms. The second-order valence-corrected chi connectivity index (χ2v) is 13.1. The molecule has 0 radical (unpaired) electrons. The Labute approximate surface area is 283 Å². The van der Waals surface area contributed by atoms with Crippen LogP contribution in [0.15, 0.2) is 161 Å². The number of nitrogens with zero attached hydrogens (tertiary/aromatic N) is 3. The van der Waals surface area contributed by atoms with Crippen molar-refractivity contribution >= 4 is 65.8 Å². The van der Waals surface area contributed by atoms with E-state index in [4.69, 9.17) is 14.4 Å². The lowest BCUT2D eigenvalue weighted by molar-refractivity contribution is 0.564. The molecule has 5 aromatic carbocycles. The SMILES string of the molecule is CC1CC=CN=C1C1=CC(c2ccccn2)=CC(n2c3ccc(-c4ccc5oc6ccccc6c5c4)cc3c3c4ccccc4ccc32)N1. The van der Waals surface area contributed by atoms with Gasteiger partial charge in [-0.1, -0.05) is 79.7 Å². The minimum Gasteiger partial charge on any atom is -0.456 e. The first-order valence-corrected chi connectivity index (χ1v) is 16.9. The van der Waals surface area contributed by atoms with Gasteiger partial charge in [-0.05, 0) is 89.0 Å². The molecule has 0 fully saturated rings. The zero-order valence-electron chi connectivity index (χ0n) is 27.0. The molecule has 0 saturated heterocycles. The predicted molar refractivity (Wildman–Crippen MR) is 202 cm³/mol. The fourth-order valence-corrected chi connectivity index (χ4v) is 7.77. The molecule has 0 aliphatic carbocycles. The van der Waals surface area contributed by atoms with Crippen molar-refractivity contribution in [3.8, 4) is 11.1 Å². The average molecular weight is 633 g/mol. The van der Waals surface area contributed by atoms with Gasteiger partial charge in [0.15, 0.2) is 0 Å². The van der Waals surface area contributed by atoms with Gasteiger partial charge in [0.2, 0.25) is 0 Å². The third kappa shape index (κ3) is 4.46. The Morgan fingerprint density at radius 1 is 0.735 bits per heavy atom. The molecular formula is C44H32N4O. The van der Waals surface area contributed by atoms with Crippen molar-refractivity contribution in [2.45, 2.75) is 19.5 Å². The maximum atomic E-state index is 6.15. The number of aromatic nitrogens is 2. The Balaban J connectivity index is 1.20. The van der Waals surface area contributed by atoms with E-state index in [0.29, 0.717) is 5.92 Å². The molecular weight excluding hydrogens is 601 g/mol. The number of aliphatic imine (C=N–C) groups is 1. The van der Waals surface area contributed by atoms with Gasteiger partial charge in [-0.2, -0.15) is 0 Å².